The zero-order chi connectivity index (χ0) is 21.3. The van der Waals surface area contributed by atoms with E-state index in [1.165, 1.54) is 29.2 Å². The number of hydrogen-bond donors (Lipinski definition) is 1. The quantitative estimate of drug-likeness (QED) is 0.404. The molecule has 0 bridgehead atoms. The Kier molecular flexibility index (Phi) is 5.14. The second-order valence-electron chi connectivity index (χ2n) is 7.21. The third-order valence-corrected chi connectivity index (χ3v) is 5.13. The van der Waals surface area contributed by atoms with Gasteiger partial charge < -0.3 is 10.0 Å². The molecule has 1 aliphatic heterocycles. The van der Waals surface area contributed by atoms with Gasteiger partial charge in [0.05, 0.1) is 11.6 Å². The fourth-order valence-corrected chi connectivity index (χ4v) is 3.59. The number of pyridine rings is 1. The van der Waals surface area contributed by atoms with Crippen LogP contribution in [0.25, 0.3) is 5.76 Å². The van der Waals surface area contributed by atoms with Crippen molar-refractivity contribution in [2.75, 3.05) is 0 Å². The third-order valence-electron chi connectivity index (χ3n) is 5.13. The number of ketones is 1. The Bertz CT molecular complexity index is 1120. The summed E-state index contributed by atoms with van der Waals surface area (Å²) in [4.78, 5) is 31.3. The number of aryl methyl sites for hydroxylation is 1. The van der Waals surface area contributed by atoms with E-state index in [4.69, 9.17) is 0 Å². The van der Waals surface area contributed by atoms with Crippen LogP contribution >= 0.6 is 0 Å². The van der Waals surface area contributed by atoms with Crippen molar-refractivity contribution in [1.82, 2.24) is 9.88 Å². The van der Waals surface area contributed by atoms with Crippen LogP contribution in [-0.4, -0.2) is 26.7 Å². The first-order valence-electron chi connectivity index (χ1n) is 9.45. The number of carbonyl (C=O) groups excluding carboxylic acids is 2. The second-order valence-corrected chi connectivity index (χ2v) is 7.21. The topological polar surface area (TPSA) is 70.5 Å². The Hall–Kier alpha value is -3.80. The highest BCUT2D eigenvalue weighted by atomic mass is 19.1. The van der Waals surface area contributed by atoms with E-state index in [2.05, 4.69) is 4.98 Å². The first kappa shape index (κ1) is 19.5. The number of rotatable bonds is 4. The highest BCUT2D eigenvalue weighted by Crippen LogP contribution is 2.40. The zero-order valence-corrected chi connectivity index (χ0v) is 16.2. The average molecular weight is 402 g/mol. The summed E-state index contributed by atoms with van der Waals surface area (Å²) in [5, 5.41) is 11.0. The van der Waals surface area contributed by atoms with Crippen molar-refractivity contribution in [3.05, 3.63) is 107 Å². The number of aliphatic hydroxyl groups is 1. The van der Waals surface area contributed by atoms with Crippen molar-refractivity contribution >= 4 is 17.4 Å². The predicted molar refractivity (Wildman–Crippen MR) is 110 cm³/mol. The molecule has 0 unspecified atom stereocenters. The Labute approximate surface area is 173 Å². The van der Waals surface area contributed by atoms with Gasteiger partial charge in [-0.3, -0.25) is 14.6 Å². The van der Waals surface area contributed by atoms with Gasteiger partial charge in [-0.15, -0.1) is 0 Å². The molecule has 0 spiro atoms. The van der Waals surface area contributed by atoms with Crippen LogP contribution in [0.3, 0.4) is 0 Å². The summed E-state index contributed by atoms with van der Waals surface area (Å²) in [6.45, 7) is 2.04. The summed E-state index contributed by atoms with van der Waals surface area (Å²) in [5.74, 6) is -2.18. The lowest BCUT2D eigenvalue weighted by Gasteiger charge is -2.25. The number of hydrogen-bond acceptors (Lipinski definition) is 4. The van der Waals surface area contributed by atoms with E-state index in [1.54, 1.807) is 36.7 Å². The molecule has 1 aromatic heterocycles. The van der Waals surface area contributed by atoms with Gasteiger partial charge in [-0.25, -0.2) is 4.39 Å². The average Bonchev–Trinajstić information content (AvgIpc) is 3.00. The molecule has 0 radical (unpaired) electrons. The monoisotopic (exact) mass is 402 g/mol. The van der Waals surface area contributed by atoms with Gasteiger partial charge in [0.2, 0.25) is 0 Å². The van der Waals surface area contributed by atoms with Crippen LogP contribution in [-0.2, 0) is 16.1 Å². The summed E-state index contributed by atoms with van der Waals surface area (Å²) in [6, 6.07) is 15.3. The summed E-state index contributed by atoms with van der Waals surface area (Å²) < 4.78 is 13.5. The Morgan fingerprint density at radius 3 is 2.40 bits per heavy atom. The molecule has 1 saturated heterocycles. The maximum atomic E-state index is 13.5. The molecule has 2 aromatic carbocycles. The number of amides is 1. The van der Waals surface area contributed by atoms with Gasteiger partial charge in [-0.2, -0.15) is 0 Å². The molecule has 0 saturated carbocycles. The molecule has 0 aliphatic carbocycles. The van der Waals surface area contributed by atoms with E-state index in [0.29, 0.717) is 11.1 Å². The molecule has 150 valence electrons. The minimum atomic E-state index is -0.841. The van der Waals surface area contributed by atoms with E-state index in [0.717, 1.165) is 11.1 Å². The lowest BCUT2D eigenvalue weighted by Crippen LogP contribution is -2.29. The molecule has 1 aliphatic rings. The standard InChI is InChI=1S/C24H19FN2O3/c1-15-4-6-18(7-5-15)22(28)20-21(17-8-10-19(25)11-9-17)27(24(30)23(20)29)14-16-3-2-12-26-13-16/h2-13,21,28H,14H2,1H3/t21-/m1/s1. The molecule has 5 nitrogen and oxygen atoms in total. The summed E-state index contributed by atoms with van der Waals surface area (Å²) in [6.07, 6.45) is 3.23. The largest absolute Gasteiger partial charge is 0.507 e. The molecular formula is C24H19FN2O3. The van der Waals surface area contributed by atoms with E-state index < -0.39 is 23.5 Å². The van der Waals surface area contributed by atoms with Gasteiger partial charge in [0.1, 0.15) is 11.6 Å². The van der Waals surface area contributed by atoms with E-state index in [9.17, 15) is 19.1 Å². The van der Waals surface area contributed by atoms with Gasteiger partial charge in [-0.05, 0) is 36.2 Å². The van der Waals surface area contributed by atoms with Crippen molar-refractivity contribution in [3.63, 3.8) is 0 Å². The lowest BCUT2D eigenvalue weighted by atomic mass is 9.95. The molecule has 30 heavy (non-hydrogen) atoms. The summed E-state index contributed by atoms with van der Waals surface area (Å²) >= 11 is 0. The molecule has 3 aromatic rings. The SMILES string of the molecule is Cc1ccc(C(O)=C2C(=O)C(=O)N(Cc3cccnc3)[C@@H]2c2ccc(F)cc2)cc1. The number of nitrogens with zero attached hydrogens (tertiary/aromatic N) is 2. The van der Waals surface area contributed by atoms with Crippen molar-refractivity contribution in [3.8, 4) is 0 Å². The number of Topliss-reactive ketones (excluding diaryl/α,β-unsaturated/α-hetero) is 1. The molecular weight excluding hydrogens is 383 g/mol. The maximum Gasteiger partial charge on any atom is 0.295 e. The normalized spacial score (nSPS) is 18.1. The number of benzene rings is 2. The van der Waals surface area contributed by atoms with Crippen LogP contribution in [0.15, 0.2) is 78.6 Å². The van der Waals surface area contributed by atoms with Crippen molar-refractivity contribution in [2.45, 2.75) is 19.5 Å². The van der Waals surface area contributed by atoms with Gasteiger partial charge in [0.25, 0.3) is 11.7 Å². The molecule has 1 amide bonds. The number of aromatic nitrogens is 1. The van der Waals surface area contributed by atoms with Crippen molar-refractivity contribution in [1.29, 1.82) is 0 Å². The van der Waals surface area contributed by atoms with Gasteiger partial charge in [-0.1, -0.05) is 48.0 Å². The molecule has 4 rings (SSSR count). The summed E-state index contributed by atoms with van der Waals surface area (Å²) in [5.41, 5.74) is 2.69. The van der Waals surface area contributed by atoms with Crippen LogP contribution in [0.5, 0.6) is 0 Å². The van der Waals surface area contributed by atoms with Crippen LogP contribution in [0.2, 0.25) is 0 Å². The van der Waals surface area contributed by atoms with Crippen LogP contribution in [0, 0.1) is 12.7 Å². The minimum absolute atomic E-state index is 0.0145. The van der Waals surface area contributed by atoms with E-state index in [1.807, 2.05) is 19.1 Å². The fourth-order valence-electron chi connectivity index (χ4n) is 3.59. The van der Waals surface area contributed by atoms with Crippen molar-refractivity contribution in [2.24, 2.45) is 0 Å². The van der Waals surface area contributed by atoms with E-state index >= 15 is 0 Å². The number of likely N-dealkylation sites (tertiary alicyclic amines) is 1. The number of aliphatic hydroxyl groups excluding tert-OH is 1. The number of halogens is 1. The highest BCUT2D eigenvalue weighted by Gasteiger charge is 2.46. The van der Waals surface area contributed by atoms with Crippen molar-refractivity contribution < 1.29 is 19.1 Å². The Morgan fingerprint density at radius 2 is 1.77 bits per heavy atom. The van der Waals surface area contributed by atoms with Gasteiger partial charge in [0, 0.05) is 24.5 Å². The zero-order valence-electron chi connectivity index (χ0n) is 16.2. The Balaban J connectivity index is 1.85. The smallest absolute Gasteiger partial charge is 0.295 e. The van der Waals surface area contributed by atoms with E-state index in [-0.39, 0.29) is 17.9 Å². The molecule has 1 fully saturated rings. The Morgan fingerprint density at radius 1 is 1.07 bits per heavy atom. The fraction of sp³-hybridized carbons (Fsp3) is 0.125. The number of carbonyl (C=O) groups is 2. The highest BCUT2D eigenvalue weighted by molar-refractivity contribution is 6.46. The third kappa shape index (κ3) is 3.59. The molecule has 6 heteroatoms. The first-order valence-corrected chi connectivity index (χ1v) is 9.45. The molecule has 2 heterocycles. The maximum absolute atomic E-state index is 13.5. The predicted octanol–water partition coefficient (Wildman–Crippen LogP) is 4.15. The van der Waals surface area contributed by atoms with Crippen LogP contribution in [0.1, 0.15) is 28.3 Å². The minimum Gasteiger partial charge on any atom is -0.507 e. The molecule has 1 N–H and O–H groups in total. The van der Waals surface area contributed by atoms with Crippen LogP contribution < -0.4 is 0 Å². The lowest BCUT2D eigenvalue weighted by molar-refractivity contribution is -0.140. The van der Waals surface area contributed by atoms with Crippen LogP contribution in [0.4, 0.5) is 4.39 Å². The second kappa shape index (κ2) is 7.91. The first-order chi connectivity index (χ1) is 14.5. The summed E-state index contributed by atoms with van der Waals surface area (Å²) in [7, 11) is 0. The van der Waals surface area contributed by atoms with Gasteiger partial charge >= 0.3 is 0 Å². The molecule has 1 atom stereocenters. The van der Waals surface area contributed by atoms with Gasteiger partial charge in [0.15, 0.2) is 0 Å².